The molecule has 0 saturated carbocycles. The molecule has 0 atom stereocenters. The fourth-order valence-corrected chi connectivity index (χ4v) is 4.62. The fourth-order valence-electron chi connectivity index (χ4n) is 2.90. The van der Waals surface area contributed by atoms with Gasteiger partial charge in [0, 0.05) is 31.2 Å². The summed E-state index contributed by atoms with van der Waals surface area (Å²) < 4.78 is 32.1. The first-order valence-corrected chi connectivity index (χ1v) is 9.93. The second-order valence-corrected chi connectivity index (χ2v) is 8.23. The maximum atomic E-state index is 12.7. The number of methoxy groups -OCH3 is 1. The summed E-state index contributed by atoms with van der Waals surface area (Å²) in [5.74, 6) is 0.341. The lowest BCUT2D eigenvalue weighted by molar-refractivity contribution is 0.0694. The molecule has 0 aliphatic carbocycles. The molecule has 26 heavy (non-hydrogen) atoms. The number of hydrogen-bond acceptors (Lipinski definition) is 4. The quantitative estimate of drug-likeness (QED) is 0.799. The van der Waals surface area contributed by atoms with Crippen LogP contribution in [0.4, 0.5) is 0 Å². The normalized spacial score (nSPS) is 15.7. The van der Waals surface area contributed by atoms with Crippen LogP contribution >= 0.6 is 11.6 Å². The van der Waals surface area contributed by atoms with Gasteiger partial charge in [-0.1, -0.05) is 29.8 Å². The molecule has 0 N–H and O–H groups in total. The van der Waals surface area contributed by atoms with Gasteiger partial charge in [0.15, 0.2) is 0 Å². The molecule has 0 unspecified atom stereocenters. The molecule has 1 saturated heterocycles. The number of benzene rings is 2. The van der Waals surface area contributed by atoms with Crippen molar-refractivity contribution in [2.45, 2.75) is 4.90 Å². The van der Waals surface area contributed by atoms with Crippen molar-refractivity contribution < 1.29 is 17.9 Å². The average Bonchev–Trinajstić information content (AvgIpc) is 2.67. The van der Waals surface area contributed by atoms with Crippen LogP contribution in [-0.4, -0.2) is 56.8 Å². The zero-order valence-electron chi connectivity index (χ0n) is 14.3. The molecule has 6 nitrogen and oxygen atoms in total. The van der Waals surface area contributed by atoms with E-state index in [9.17, 15) is 13.2 Å². The van der Waals surface area contributed by atoms with Gasteiger partial charge in [0.25, 0.3) is 5.91 Å². The Hall–Kier alpha value is -2.09. The number of carbonyl (C=O) groups is 1. The van der Waals surface area contributed by atoms with E-state index in [4.69, 9.17) is 16.3 Å². The second-order valence-electron chi connectivity index (χ2n) is 5.85. The van der Waals surface area contributed by atoms with Crippen LogP contribution in [0.1, 0.15) is 10.4 Å². The van der Waals surface area contributed by atoms with Crippen LogP contribution < -0.4 is 4.74 Å². The van der Waals surface area contributed by atoms with E-state index in [0.717, 1.165) is 0 Å². The van der Waals surface area contributed by atoms with Gasteiger partial charge in [-0.15, -0.1) is 0 Å². The SMILES string of the molecule is COc1ccccc1C(=O)N1CCN(S(=O)(=O)c2cccc(Cl)c2)CC1. The number of carbonyl (C=O) groups excluding carboxylic acids is 1. The number of ether oxygens (including phenoxy) is 1. The Morgan fingerprint density at radius 2 is 1.73 bits per heavy atom. The lowest BCUT2D eigenvalue weighted by Gasteiger charge is -2.34. The Kier molecular flexibility index (Phi) is 5.50. The van der Waals surface area contributed by atoms with E-state index < -0.39 is 10.0 Å². The molecule has 3 rings (SSSR count). The molecule has 0 aromatic heterocycles. The fraction of sp³-hybridized carbons (Fsp3) is 0.278. The Morgan fingerprint density at radius 3 is 2.38 bits per heavy atom. The van der Waals surface area contributed by atoms with Gasteiger partial charge in [-0.2, -0.15) is 4.31 Å². The summed E-state index contributed by atoms with van der Waals surface area (Å²) in [6.07, 6.45) is 0. The number of hydrogen-bond donors (Lipinski definition) is 0. The number of piperazine rings is 1. The van der Waals surface area contributed by atoms with Crippen LogP contribution in [-0.2, 0) is 10.0 Å². The molecule has 1 amide bonds. The summed E-state index contributed by atoms with van der Waals surface area (Å²) in [5.41, 5.74) is 0.473. The van der Waals surface area contributed by atoms with Gasteiger partial charge < -0.3 is 9.64 Å². The molecule has 0 bridgehead atoms. The molecule has 2 aromatic rings. The number of halogens is 1. The zero-order valence-corrected chi connectivity index (χ0v) is 15.8. The summed E-state index contributed by atoms with van der Waals surface area (Å²) in [7, 11) is -2.11. The van der Waals surface area contributed by atoms with Crippen molar-refractivity contribution in [3.05, 3.63) is 59.1 Å². The molecule has 1 fully saturated rings. The number of rotatable bonds is 4. The van der Waals surface area contributed by atoms with Crippen molar-refractivity contribution in [3.8, 4) is 5.75 Å². The van der Waals surface area contributed by atoms with Crippen LogP contribution in [0.2, 0.25) is 5.02 Å². The van der Waals surface area contributed by atoms with Crippen LogP contribution in [0.15, 0.2) is 53.4 Å². The first-order valence-electron chi connectivity index (χ1n) is 8.11. The van der Waals surface area contributed by atoms with E-state index in [2.05, 4.69) is 0 Å². The standard InChI is InChI=1S/C18H19ClN2O4S/c1-25-17-8-3-2-7-16(17)18(22)20-9-11-21(12-10-20)26(23,24)15-6-4-5-14(19)13-15/h2-8,13H,9-12H2,1H3. The molecule has 2 aromatic carbocycles. The first-order chi connectivity index (χ1) is 12.4. The van der Waals surface area contributed by atoms with Crippen molar-refractivity contribution in [1.29, 1.82) is 0 Å². The van der Waals surface area contributed by atoms with Gasteiger partial charge in [0.05, 0.1) is 17.6 Å². The summed E-state index contributed by atoms with van der Waals surface area (Å²) in [6, 6.07) is 13.2. The molecule has 138 valence electrons. The van der Waals surface area contributed by atoms with Gasteiger partial charge in [0.2, 0.25) is 10.0 Å². The molecule has 1 aliphatic rings. The lowest BCUT2D eigenvalue weighted by atomic mass is 10.1. The highest BCUT2D eigenvalue weighted by atomic mass is 35.5. The zero-order chi connectivity index (χ0) is 18.7. The number of nitrogens with zero attached hydrogens (tertiary/aromatic N) is 2. The van der Waals surface area contributed by atoms with Crippen LogP contribution in [0.3, 0.4) is 0 Å². The minimum atomic E-state index is -3.62. The highest BCUT2D eigenvalue weighted by Crippen LogP contribution is 2.23. The monoisotopic (exact) mass is 394 g/mol. The molecule has 1 aliphatic heterocycles. The average molecular weight is 395 g/mol. The Labute approximate surface area is 158 Å². The third-order valence-corrected chi connectivity index (χ3v) is 6.43. The highest BCUT2D eigenvalue weighted by molar-refractivity contribution is 7.89. The lowest BCUT2D eigenvalue weighted by Crippen LogP contribution is -2.50. The van der Waals surface area contributed by atoms with E-state index >= 15 is 0 Å². The van der Waals surface area contributed by atoms with E-state index in [1.807, 2.05) is 0 Å². The summed E-state index contributed by atoms with van der Waals surface area (Å²) in [6.45, 7) is 1.10. The predicted molar refractivity (Wildman–Crippen MR) is 99.1 cm³/mol. The van der Waals surface area contributed by atoms with Gasteiger partial charge in [0.1, 0.15) is 5.75 Å². The first kappa shape index (κ1) is 18.7. The Morgan fingerprint density at radius 1 is 1.04 bits per heavy atom. The summed E-state index contributed by atoms with van der Waals surface area (Å²) in [5, 5.41) is 0.371. The summed E-state index contributed by atoms with van der Waals surface area (Å²) >= 11 is 5.90. The van der Waals surface area contributed by atoms with Crippen LogP contribution in [0.5, 0.6) is 5.75 Å². The minimum Gasteiger partial charge on any atom is -0.496 e. The maximum Gasteiger partial charge on any atom is 0.257 e. The van der Waals surface area contributed by atoms with E-state index in [0.29, 0.717) is 29.4 Å². The molecule has 0 radical (unpaired) electrons. The van der Waals surface area contributed by atoms with E-state index in [1.165, 1.54) is 23.5 Å². The van der Waals surface area contributed by atoms with Gasteiger partial charge in [-0.25, -0.2) is 8.42 Å². The molecular formula is C18H19ClN2O4S. The van der Waals surface area contributed by atoms with E-state index in [1.54, 1.807) is 41.3 Å². The van der Waals surface area contributed by atoms with Gasteiger partial charge >= 0.3 is 0 Å². The van der Waals surface area contributed by atoms with Crippen LogP contribution in [0.25, 0.3) is 0 Å². The largest absolute Gasteiger partial charge is 0.496 e. The van der Waals surface area contributed by atoms with Crippen molar-refractivity contribution in [3.63, 3.8) is 0 Å². The molecule has 8 heteroatoms. The smallest absolute Gasteiger partial charge is 0.257 e. The van der Waals surface area contributed by atoms with Crippen molar-refractivity contribution in [1.82, 2.24) is 9.21 Å². The third kappa shape index (κ3) is 3.70. The molecule has 1 heterocycles. The Balaban J connectivity index is 1.72. The number of amides is 1. The van der Waals surface area contributed by atoms with Crippen LogP contribution in [0, 0.1) is 0 Å². The minimum absolute atomic E-state index is 0.162. The Bertz CT molecular complexity index is 909. The predicted octanol–water partition coefficient (Wildman–Crippen LogP) is 2.50. The second kappa shape index (κ2) is 7.65. The molecular weight excluding hydrogens is 376 g/mol. The van der Waals surface area contributed by atoms with Crippen molar-refractivity contribution in [2.75, 3.05) is 33.3 Å². The van der Waals surface area contributed by atoms with Crippen molar-refractivity contribution >= 4 is 27.5 Å². The number of para-hydroxylation sites is 1. The molecule has 0 spiro atoms. The van der Waals surface area contributed by atoms with Crippen molar-refractivity contribution in [2.24, 2.45) is 0 Å². The maximum absolute atomic E-state index is 12.7. The highest BCUT2D eigenvalue weighted by Gasteiger charge is 2.31. The van der Waals surface area contributed by atoms with E-state index in [-0.39, 0.29) is 23.9 Å². The number of sulfonamides is 1. The summed E-state index contributed by atoms with van der Waals surface area (Å²) in [4.78, 5) is 14.5. The van der Waals surface area contributed by atoms with Gasteiger partial charge in [-0.05, 0) is 30.3 Å². The third-order valence-electron chi connectivity index (χ3n) is 4.30. The topological polar surface area (TPSA) is 66.9 Å². The van der Waals surface area contributed by atoms with Gasteiger partial charge in [-0.3, -0.25) is 4.79 Å².